The van der Waals surface area contributed by atoms with Gasteiger partial charge in [-0.05, 0) is 50.8 Å². The van der Waals surface area contributed by atoms with Crippen molar-refractivity contribution in [2.45, 2.75) is 30.7 Å². The standard InChI is InChI=1S/C15H22N2OS/c1-11-4-5-13(19-3)10-14(11)15(18)17-8-6-12(16-2)7-9-17/h4-5,10,12,16H,6-9H2,1-3H3. The number of carbonyl (C=O) groups is 1. The van der Waals surface area contributed by atoms with E-state index in [4.69, 9.17) is 0 Å². The van der Waals surface area contributed by atoms with E-state index in [2.05, 4.69) is 11.4 Å². The smallest absolute Gasteiger partial charge is 0.254 e. The van der Waals surface area contributed by atoms with Gasteiger partial charge in [0.15, 0.2) is 0 Å². The summed E-state index contributed by atoms with van der Waals surface area (Å²) in [6, 6.07) is 6.69. The van der Waals surface area contributed by atoms with E-state index >= 15 is 0 Å². The summed E-state index contributed by atoms with van der Waals surface area (Å²) in [6.07, 6.45) is 4.13. The highest BCUT2D eigenvalue weighted by Gasteiger charge is 2.23. The van der Waals surface area contributed by atoms with Crippen molar-refractivity contribution in [3.8, 4) is 0 Å². The highest BCUT2D eigenvalue weighted by molar-refractivity contribution is 7.98. The largest absolute Gasteiger partial charge is 0.339 e. The minimum absolute atomic E-state index is 0.183. The molecule has 0 aliphatic carbocycles. The Morgan fingerprint density at radius 1 is 1.37 bits per heavy atom. The van der Waals surface area contributed by atoms with Gasteiger partial charge in [-0.1, -0.05) is 6.07 Å². The van der Waals surface area contributed by atoms with E-state index in [-0.39, 0.29) is 5.91 Å². The molecule has 104 valence electrons. The van der Waals surface area contributed by atoms with E-state index in [0.29, 0.717) is 6.04 Å². The number of nitrogens with one attached hydrogen (secondary N) is 1. The number of carbonyl (C=O) groups excluding carboxylic acids is 1. The lowest BCUT2D eigenvalue weighted by atomic mass is 10.0. The number of aryl methyl sites for hydroxylation is 1. The molecule has 0 saturated carbocycles. The lowest BCUT2D eigenvalue weighted by molar-refractivity contribution is 0.0706. The Bertz CT molecular complexity index is 453. The van der Waals surface area contributed by atoms with Crippen molar-refractivity contribution in [3.05, 3.63) is 29.3 Å². The third-order valence-electron chi connectivity index (χ3n) is 3.87. The number of likely N-dealkylation sites (tertiary alicyclic amines) is 1. The summed E-state index contributed by atoms with van der Waals surface area (Å²) < 4.78 is 0. The number of amides is 1. The van der Waals surface area contributed by atoms with Gasteiger partial charge in [0.2, 0.25) is 0 Å². The van der Waals surface area contributed by atoms with Gasteiger partial charge in [0.25, 0.3) is 5.91 Å². The molecule has 1 aliphatic rings. The first-order valence-corrected chi connectivity index (χ1v) is 7.99. The summed E-state index contributed by atoms with van der Waals surface area (Å²) in [5.74, 6) is 0.183. The normalized spacial score (nSPS) is 16.7. The maximum absolute atomic E-state index is 12.6. The van der Waals surface area contributed by atoms with Gasteiger partial charge in [-0.2, -0.15) is 0 Å². The second kappa shape index (κ2) is 6.44. The van der Waals surface area contributed by atoms with Gasteiger partial charge in [0.05, 0.1) is 0 Å². The minimum atomic E-state index is 0.183. The second-order valence-electron chi connectivity index (χ2n) is 5.04. The molecule has 4 heteroatoms. The van der Waals surface area contributed by atoms with Crippen molar-refractivity contribution in [1.29, 1.82) is 0 Å². The third-order valence-corrected chi connectivity index (χ3v) is 4.59. The number of benzene rings is 1. The molecule has 1 fully saturated rings. The second-order valence-corrected chi connectivity index (χ2v) is 5.92. The van der Waals surface area contributed by atoms with Crippen LogP contribution in [0.4, 0.5) is 0 Å². The fraction of sp³-hybridized carbons (Fsp3) is 0.533. The van der Waals surface area contributed by atoms with Crippen LogP contribution in [0.25, 0.3) is 0 Å². The molecule has 1 heterocycles. The van der Waals surface area contributed by atoms with E-state index in [9.17, 15) is 4.79 Å². The van der Waals surface area contributed by atoms with Crippen LogP contribution in [0.3, 0.4) is 0 Å². The number of rotatable bonds is 3. The van der Waals surface area contributed by atoms with Crippen molar-refractivity contribution in [1.82, 2.24) is 10.2 Å². The molecule has 0 unspecified atom stereocenters. The van der Waals surface area contributed by atoms with E-state index in [1.807, 2.05) is 37.3 Å². The molecule has 1 aromatic carbocycles. The number of thioether (sulfide) groups is 1. The van der Waals surface area contributed by atoms with Crippen LogP contribution >= 0.6 is 11.8 Å². The van der Waals surface area contributed by atoms with Gasteiger partial charge in [-0.15, -0.1) is 11.8 Å². The summed E-state index contributed by atoms with van der Waals surface area (Å²) in [5, 5.41) is 3.29. The van der Waals surface area contributed by atoms with Gasteiger partial charge >= 0.3 is 0 Å². The van der Waals surface area contributed by atoms with E-state index in [1.165, 1.54) is 0 Å². The first-order valence-electron chi connectivity index (χ1n) is 6.77. The number of hydrogen-bond acceptors (Lipinski definition) is 3. The molecule has 1 amide bonds. The third kappa shape index (κ3) is 3.31. The lowest BCUT2D eigenvalue weighted by Crippen LogP contribution is -2.44. The fourth-order valence-corrected chi connectivity index (χ4v) is 2.94. The summed E-state index contributed by atoms with van der Waals surface area (Å²) in [5.41, 5.74) is 1.92. The van der Waals surface area contributed by atoms with Crippen LogP contribution < -0.4 is 5.32 Å². The molecule has 1 saturated heterocycles. The van der Waals surface area contributed by atoms with Gasteiger partial charge < -0.3 is 10.2 Å². The highest BCUT2D eigenvalue weighted by atomic mass is 32.2. The van der Waals surface area contributed by atoms with Gasteiger partial charge in [0.1, 0.15) is 0 Å². The molecule has 0 aromatic heterocycles. The molecule has 2 rings (SSSR count). The summed E-state index contributed by atoms with van der Waals surface area (Å²) in [4.78, 5) is 15.7. The highest BCUT2D eigenvalue weighted by Crippen LogP contribution is 2.21. The quantitative estimate of drug-likeness (QED) is 0.862. The predicted octanol–water partition coefficient (Wildman–Crippen LogP) is 2.54. The van der Waals surface area contributed by atoms with Crippen LogP contribution in [-0.2, 0) is 0 Å². The van der Waals surface area contributed by atoms with Crippen LogP contribution in [0.2, 0.25) is 0 Å². The van der Waals surface area contributed by atoms with Crippen molar-refractivity contribution >= 4 is 17.7 Å². The minimum Gasteiger partial charge on any atom is -0.339 e. The van der Waals surface area contributed by atoms with Crippen LogP contribution in [-0.4, -0.2) is 43.2 Å². The molecule has 0 bridgehead atoms. The monoisotopic (exact) mass is 278 g/mol. The topological polar surface area (TPSA) is 32.3 Å². The zero-order valence-electron chi connectivity index (χ0n) is 11.9. The van der Waals surface area contributed by atoms with Crippen molar-refractivity contribution in [3.63, 3.8) is 0 Å². The molecule has 0 spiro atoms. The van der Waals surface area contributed by atoms with Crippen LogP contribution in [0, 0.1) is 6.92 Å². The Hall–Kier alpha value is -1.00. The maximum atomic E-state index is 12.6. The first-order chi connectivity index (χ1) is 9.15. The van der Waals surface area contributed by atoms with Gasteiger partial charge in [-0.25, -0.2) is 0 Å². The van der Waals surface area contributed by atoms with Gasteiger partial charge in [-0.3, -0.25) is 4.79 Å². The number of nitrogens with zero attached hydrogens (tertiary/aromatic N) is 1. The van der Waals surface area contributed by atoms with E-state index in [1.54, 1.807) is 11.8 Å². The average Bonchev–Trinajstić information content (AvgIpc) is 2.47. The van der Waals surface area contributed by atoms with E-state index < -0.39 is 0 Å². The first kappa shape index (κ1) is 14.4. The predicted molar refractivity (Wildman–Crippen MR) is 80.9 cm³/mol. The molecule has 0 radical (unpaired) electrons. The zero-order valence-corrected chi connectivity index (χ0v) is 12.7. The number of hydrogen-bond donors (Lipinski definition) is 1. The average molecular weight is 278 g/mol. The summed E-state index contributed by atoms with van der Waals surface area (Å²) in [6.45, 7) is 3.72. The maximum Gasteiger partial charge on any atom is 0.254 e. The Morgan fingerprint density at radius 3 is 2.63 bits per heavy atom. The lowest BCUT2D eigenvalue weighted by Gasteiger charge is -2.32. The summed E-state index contributed by atoms with van der Waals surface area (Å²) >= 11 is 1.68. The molecule has 1 N–H and O–H groups in total. The Balaban J connectivity index is 2.11. The van der Waals surface area contributed by atoms with Crippen molar-refractivity contribution < 1.29 is 4.79 Å². The van der Waals surface area contributed by atoms with Gasteiger partial charge in [0, 0.05) is 29.6 Å². The fourth-order valence-electron chi connectivity index (χ4n) is 2.50. The number of piperidine rings is 1. The van der Waals surface area contributed by atoms with Crippen LogP contribution in [0.15, 0.2) is 23.1 Å². The van der Waals surface area contributed by atoms with E-state index in [0.717, 1.165) is 42.0 Å². The molecular formula is C15H22N2OS. The molecule has 1 aromatic rings. The molecule has 1 aliphatic heterocycles. The van der Waals surface area contributed by atoms with Crippen LogP contribution in [0.5, 0.6) is 0 Å². The SMILES string of the molecule is CNC1CCN(C(=O)c2cc(SC)ccc2C)CC1. The molecule has 19 heavy (non-hydrogen) atoms. The Labute approximate surface area is 119 Å². The Kier molecular flexibility index (Phi) is 4.88. The van der Waals surface area contributed by atoms with Crippen molar-refractivity contribution in [2.75, 3.05) is 26.4 Å². The molecular weight excluding hydrogens is 256 g/mol. The Morgan fingerprint density at radius 2 is 2.05 bits per heavy atom. The molecule has 3 nitrogen and oxygen atoms in total. The summed E-state index contributed by atoms with van der Waals surface area (Å²) in [7, 11) is 1.99. The van der Waals surface area contributed by atoms with Crippen LogP contribution in [0.1, 0.15) is 28.8 Å². The zero-order chi connectivity index (χ0) is 13.8. The molecule has 0 atom stereocenters. The van der Waals surface area contributed by atoms with Crippen molar-refractivity contribution in [2.24, 2.45) is 0 Å².